The normalized spacial score (nSPS) is 11.4. The van der Waals surface area contributed by atoms with Gasteiger partial charge in [0.2, 0.25) is 11.6 Å². The van der Waals surface area contributed by atoms with Crippen LogP contribution in [-0.2, 0) is 0 Å². The van der Waals surface area contributed by atoms with Gasteiger partial charge in [0.15, 0.2) is 23.0 Å². The molecule has 0 atom stereocenters. The molecule has 13 heteroatoms. The lowest BCUT2D eigenvalue weighted by atomic mass is 10.1. The van der Waals surface area contributed by atoms with E-state index in [4.69, 9.17) is 38.0 Å². The minimum absolute atomic E-state index is 0.108. The molecule has 3 aromatic carbocycles. The highest BCUT2D eigenvalue weighted by molar-refractivity contribution is 5.72. The summed E-state index contributed by atoms with van der Waals surface area (Å²) in [6.07, 6.45) is 50.1. The number of aromatic nitrogens is 4. The summed E-state index contributed by atoms with van der Waals surface area (Å²) in [6, 6.07) is 16.0. The Morgan fingerprint density at radius 1 is 0.337 bits per heavy atom. The molecule has 13 nitrogen and oxygen atoms in total. The lowest BCUT2D eigenvalue weighted by molar-refractivity contribution is -0.384. The summed E-state index contributed by atoms with van der Waals surface area (Å²) in [5, 5.41) is 21.1. The molecule has 0 N–H and O–H groups in total. The van der Waals surface area contributed by atoms with Crippen molar-refractivity contribution >= 4 is 5.69 Å². The highest BCUT2D eigenvalue weighted by atomic mass is 16.6. The molecule has 5 aromatic rings. The fourth-order valence-corrected chi connectivity index (χ4v) is 10.7. The van der Waals surface area contributed by atoms with Crippen molar-refractivity contribution in [3.8, 4) is 68.7 Å². The Balaban J connectivity index is 1.24. The van der Waals surface area contributed by atoms with Crippen molar-refractivity contribution in [2.75, 3.05) is 26.4 Å². The van der Waals surface area contributed by atoms with Crippen molar-refractivity contribution in [1.82, 2.24) is 20.3 Å². The third-order valence-corrected chi connectivity index (χ3v) is 15.9. The number of nitrogens with zero attached hydrogens (tertiary/aromatic N) is 5. The lowest BCUT2D eigenvalue weighted by Gasteiger charge is -2.14. The third kappa shape index (κ3) is 28.3. The van der Waals surface area contributed by atoms with Gasteiger partial charge in [-0.3, -0.25) is 10.1 Å². The molecule has 83 heavy (non-hydrogen) atoms. The smallest absolute Gasteiger partial charge is 0.271 e. The van der Waals surface area contributed by atoms with Crippen LogP contribution in [0.1, 0.15) is 285 Å². The van der Waals surface area contributed by atoms with E-state index in [-0.39, 0.29) is 17.5 Å². The SMILES string of the molecule is CCCCCCCCCCCCOc1ccc(-c2noc(-c3cc(-c4nc(-c5ccc(OCCCCCCCCCCCC)c(OCCCCCCCCCCCC)c5)no4)cc([N+](=O)[O-])c3)n2)cc1OCCCCCCCCCCCC. The van der Waals surface area contributed by atoms with Crippen LogP contribution in [0, 0.1) is 10.1 Å². The van der Waals surface area contributed by atoms with E-state index in [0.29, 0.717) is 83.3 Å². The number of nitro benzene ring substituents is 1. The monoisotopic (exact) mass is 1150 g/mol. The van der Waals surface area contributed by atoms with E-state index in [1.807, 2.05) is 36.4 Å². The number of non-ortho nitro benzene ring substituents is 1. The van der Waals surface area contributed by atoms with Crippen LogP contribution < -0.4 is 18.9 Å². The predicted octanol–water partition coefficient (Wildman–Crippen LogP) is 22.2. The Hall–Kier alpha value is -5.46. The van der Waals surface area contributed by atoms with Gasteiger partial charge >= 0.3 is 0 Å². The van der Waals surface area contributed by atoms with Crippen molar-refractivity contribution in [2.24, 2.45) is 0 Å². The van der Waals surface area contributed by atoms with Crippen molar-refractivity contribution in [2.45, 2.75) is 285 Å². The van der Waals surface area contributed by atoms with Crippen LogP contribution in [0.25, 0.3) is 45.7 Å². The molecule has 462 valence electrons. The number of hydrogen-bond acceptors (Lipinski definition) is 12. The first-order valence-electron chi connectivity index (χ1n) is 33.7. The molecule has 0 bridgehead atoms. The largest absolute Gasteiger partial charge is 0.490 e. The van der Waals surface area contributed by atoms with Gasteiger partial charge in [-0.2, -0.15) is 9.97 Å². The minimum Gasteiger partial charge on any atom is -0.490 e. The lowest BCUT2D eigenvalue weighted by Crippen LogP contribution is -2.03. The van der Waals surface area contributed by atoms with Crippen LogP contribution >= 0.6 is 0 Å². The number of hydrogen-bond donors (Lipinski definition) is 0. The van der Waals surface area contributed by atoms with Gasteiger partial charge < -0.3 is 28.0 Å². The second-order valence-corrected chi connectivity index (χ2v) is 23.3. The quantitative estimate of drug-likeness (QED) is 0.0206. The van der Waals surface area contributed by atoms with E-state index in [2.05, 4.69) is 38.0 Å². The second kappa shape index (κ2) is 44.1. The zero-order valence-corrected chi connectivity index (χ0v) is 52.3. The van der Waals surface area contributed by atoms with Crippen LogP contribution in [0.4, 0.5) is 5.69 Å². The van der Waals surface area contributed by atoms with E-state index >= 15 is 0 Å². The first-order valence-corrected chi connectivity index (χ1v) is 33.7. The average molecular weight is 1150 g/mol. The van der Waals surface area contributed by atoms with Gasteiger partial charge in [-0.05, 0) is 68.1 Å². The van der Waals surface area contributed by atoms with Crippen LogP contribution in [0.2, 0.25) is 0 Å². The fraction of sp³-hybridized carbons (Fsp3) is 0.686. The molecule has 2 aromatic heterocycles. The molecule has 0 saturated carbocycles. The standard InChI is InChI=1S/C70H109N5O8/c1-5-9-13-17-21-25-29-33-37-41-49-78-63-47-45-58(56-65(63)80-51-43-39-35-31-27-23-19-15-11-7-3)67-71-69(82-73-67)60-53-61(55-62(54-60)75(76)77)70-72-68(74-83-70)59-46-48-64(79-50-42-38-34-30-26-22-18-14-10-6-2)66(57-59)81-52-44-40-36-32-28-24-20-16-12-8-4/h45-48,53-57H,5-44,49-52H2,1-4H3. The summed E-state index contributed by atoms with van der Waals surface area (Å²) in [5.41, 5.74) is 1.86. The molecule has 0 aliphatic heterocycles. The number of rotatable bonds is 53. The summed E-state index contributed by atoms with van der Waals surface area (Å²) in [4.78, 5) is 21.4. The number of ether oxygens (including phenoxy) is 4. The molecular formula is C70H109N5O8. The van der Waals surface area contributed by atoms with Crippen LogP contribution in [0.5, 0.6) is 23.0 Å². The van der Waals surface area contributed by atoms with E-state index in [9.17, 15) is 10.1 Å². The second-order valence-electron chi connectivity index (χ2n) is 23.3. The molecule has 0 amide bonds. The van der Waals surface area contributed by atoms with Crippen molar-refractivity contribution < 1.29 is 32.9 Å². The van der Waals surface area contributed by atoms with Crippen molar-refractivity contribution in [3.05, 3.63) is 64.7 Å². The van der Waals surface area contributed by atoms with E-state index in [1.165, 1.54) is 218 Å². The molecule has 5 rings (SSSR count). The Labute approximate surface area is 501 Å². The molecule has 0 aliphatic rings. The average Bonchev–Trinajstić information content (AvgIpc) is 4.35. The van der Waals surface area contributed by atoms with Gasteiger partial charge in [0.05, 0.1) is 31.4 Å². The van der Waals surface area contributed by atoms with Gasteiger partial charge in [-0.1, -0.05) is 269 Å². The Morgan fingerprint density at radius 3 is 0.880 bits per heavy atom. The van der Waals surface area contributed by atoms with Gasteiger partial charge in [-0.25, -0.2) is 0 Å². The first kappa shape index (κ1) is 68.3. The zero-order chi connectivity index (χ0) is 58.6. The molecule has 0 saturated heterocycles. The molecule has 0 unspecified atom stereocenters. The highest BCUT2D eigenvalue weighted by Crippen LogP contribution is 2.37. The van der Waals surface area contributed by atoms with Crippen LogP contribution in [0.3, 0.4) is 0 Å². The molecule has 0 spiro atoms. The Bertz CT molecular complexity index is 2280. The van der Waals surface area contributed by atoms with Gasteiger partial charge in [0.25, 0.3) is 17.5 Å². The van der Waals surface area contributed by atoms with Gasteiger partial charge in [0, 0.05) is 34.4 Å². The van der Waals surface area contributed by atoms with Crippen molar-refractivity contribution in [3.63, 3.8) is 0 Å². The maximum Gasteiger partial charge on any atom is 0.271 e. The first-order chi connectivity index (χ1) is 40.9. The highest BCUT2D eigenvalue weighted by Gasteiger charge is 2.22. The van der Waals surface area contributed by atoms with E-state index in [1.54, 1.807) is 6.07 Å². The van der Waals surface area contributed by atoms with Crippen LogP contribution in [-0.4, -0.2) is 51.6 Å². The van der Waals surface area contributed by atoms with Gasteiger partial charge in [-0.15, -0.1) is 0 Å². The van der Waals surface area contributed by atoms with Gasteiger partial charge in [0.1, 0.15) is 0 Å². The van der Waals surface area contributed by atoms with E-state index < -0.39 is 4.92 Å². The third-order valence-electron chi connectivity index (χ3n) is 15.9. The maximum atomic E-state index is 12.4. The number of nitro groups is 1. The minimum atomic E-state index is -0.458. The summed E-state index contributed by atoms with van der Waals surface area (Å²) >= 11 is 0. The maximum absolute atomic E-state index is 12.4. The molecule has 0 fully saturated rings. The summed E-state index contributed by atoms with van der Waals surface area (Å²) in [5.74, 6) is 3.52. The summed E-state index contributed by atoms with van der Waals surface area (Å²) in [6.45, 7) is 11.4. The summed E-state index contributed by atoms with van der Waals surface area (Å²) in [7, 11) is 0. The number of benzene rings is 3. The molecule has 2 heterocycles. The Kier molecular flexibility index (Phi) is 36.3. The topological polar surface area (TPSA) is 158 Å². The fourth-order valence-electron chi connectivity index (χ4n) is 10.7. The van der Waals surface area contributed by atoms with Crippen LogP contribution in [0.15, 0.2) is 63.6 Å². The zero-order valence-electron chi connectivity index (χ0n) is 52.3. The van der Waals surface area contributed by atoms with Crippen molar-refractivity contribution in [1.29, 1.82) is 0 Å². The molecule has 0 radical (unpaired) electrons. The predicted molar refractivity (Wildman–Crippen MR) is 340 cm³/mol. The Morgan fingerprint density at radius 2 is 0.602 bits per heavy atom. The molecule has 0 aliphatic carbocycles. The van der Waals surface area contributed by atoms with E-state index in [0.717, 1.165) is 51.4 Å². The number of unbranched alkanes of at least 4 members (excludes halogenated alkanes) is 36. The molecular weight excluding hydrogens is 1040 g/mol. The summed E-state index contributed by atoms with van der Waals surface area (Å²) < 4.78 is 37.2.